The van der Waals surface area contributed by atoms with Crippen molar-refractivity contribution < 1.29 is 13.2 Å². The summed E-state index contributed by atoms with van der Waals surface area (Å²) in [5.74, 6) is 0.0108. The summed E-state index contributed by atoms with van der Waals surface area (Å²) in [5, 5.41) is 3.05. The van der Waals surface area contributed by atoms with Gasteiger partial charge in [0.1, 0.15) is 0 Å². The Morgan fingerprint density at radius 2 is 1.78 bits per heavy atom. The average Bonchev–Trinajstić information content (AvgIpc) is 2.67. The van der Waals surface area contributed by atoms with Crippen LogP contribution in [0.3, 0.4) is 0 Å². The van der Waals surface area contributed by atoms with Gasteiger partial charge in [-0.25, -0.2) is 8.42 Å². The molecule has 27 heavy (non-hydrogen) atoms. The van der Waals surface area contributed by atoms with Crippen molar-refractivity contribution in [3.05, 3.63) is 59.9 Å². The second kappa shape index (κ2) is 8.08. The number of aromatic nitrogens is 1. The molecule has 7 heteroatoms. The van der Waals surface area contributed by atoms with E-state index in [0.717, 1.165) is 49.6 Å². The quantitative estimate of drug-likeness (QED) is 0.798. The molecule has 144 valence electrons. The van der Waals surface area contributed by atoms with Crippen molar-refractivity contribution in [2.45, 2.75) is 44.1 Å². The number of nitrogens with one attached hydrogen (secondary N) is 2. The predicted molar refractivity (Wildman–Crippen MR) is 106 cm³/mol. The largest absolute Gasteiger partial charge is 0.350 e. The smallest absolute Gasteiger partial charge is 0.230 e. The second-order valence-electron chi connectivity index (χ2n) is 7.10. The fourth-order valence-corrected chi connectivity index (χ4v) is 4.28. The minimum atomic E-state index is -3.32. The molecular formula is C20H25N3O3S. The van der Waals surface area contributed by atoms with E-state index in [2.05, 4.69) is 15.0 Å². The zero-order valence-electron chi connectivity index (χ0n) is 15.4. The maximum atomic E-state index is 13.2. The highest BCUT2D eigenvalue weighted by Gasteiger charge is 2.40. The first-order chi connectivity index (χ1) is 12.9. The summed E-state index contributed by atoms with van der Waals surface area (Å²) in [5.41, 5.74) is 1.68. The third-order valence-electron chi connectivity index (χ3n) is 5.04. The zero-order valence-corrected chi connectivity index (χ0v) is 16.3. The molecule has 6 nitrogen and oxygen atoms in total. The summed E-state index contributed by atoms with van der Waals surface area (Å²) in [7, 11) is -3.32. The molecule has 0 unspecified atom stereocenters. The lowest BCUT2D eigenvalue weighted by molar-refractivity contribution is -0.128. The average molecular weight is 388 g/mol. The first kappa shape index (κ1) is 19.4. The van der Waals surface area contributed by atoms with Crippen LogP contribution in [0.25, 0.3) is 0 Å². The third kappa shape index (κ3) is 4.86. The first-order valence-electron chi connectivity index (χ1n) is 9.16. The van der Waals surface area contributed by atoms with Gasteiger partial charge in [0.25, 0.3) is 0 Å². The number of hydrogen-bond acceptors (Lipinski definition) is 4. The van der Waals surface area contributed by atoms with E-state index < -0.39 is 15.4 Å². The number of carbonyl (C=O) groups excluding carboxylic acids is 1. The van der Waals surface area contributed by atoms with Gasteiger partial charge in [0.2, 0.25) is 15.9 Å². The van der Waals surface area contributed by atoms with Crippen molar-refractivity contribution in [3.8, 4) is 0 Å². The van der Waals surface area contributed by atoms with Gasteiger partial charge in [-0.15, -0.1) is 0 Å². The molecule has 1 heterocycles. The number of carbonyl (C=O) groups is 1. The Labute approximate surface area is 160 Å². The highest BCUT2D eigenvalue weighted by molar-refractivity contribution is 7.92. The van der Waals surface area contributed by atoms with Gasteiger partial charge in [-0.1, -0.05) is 37.5 Å². The Morgan fingerprint density at radius 1 is 1.07 bits per heavy atom. The van der Waals surface area contributed by atoms with Crippen LogP contribution >= 0.6 is 0 Å². The number of pyridine rings is 1. The molecule has 3 rings (SSSR count). The van der Waals surface area contributed by atoms with Crippen LogP contribution in [0, 0.1) is 0 Å². The summed E-state index contributed by atoms with van der Waals surface area (Å²) >= 11 is 0. The van der Waals surface area contributed by atoms with E-state index in [1.165, 1.54) is 0 Å². The lowest BCUT2D eigenvalue weighted by Gasteiger charge is -2.36. The number of benzene rings is 1. The van der Waals surface area contributed by atoms with Gasteiger partial charge < -0.3 is 5.32 Å². The number of nitrogens with zero attached hydrogens (tertiary/aromatic N) is 1. The predicted octanol–water partition coefficient (Wildman–Crippen LogP) is 2.97. The van der Waals surface area contributed by atoms with E-state index in [4.69, 9.17) is 0 Å². The molecule has 0 spiro atoms. The van der Waals surface area contributed by atoms with Gasteiger partial charge in [-0.05, 0) is 42.7 Å². The summed E-state index contributed by atoms with van der Waals surface area (Å²) < 4.78 is 25.3. The monoisotopic (exact) mass is 387 g/mol. The first-order valence-corrected chi connectivity index (χ1v) is 11.0. The zero-order chi connectivity index (χ0) is 19.3. The molecule has 1 amide bonds. The topological polar surface area (TPSA) is 88.2 Å². The SMILES string of the molecule is CS(=O)(=O)Nc1ccc(C2(C(=O)NCc3ccccn3)CCCCC2)cc1. The van der Waals surface area contributed by atoms with E-state index in [0.29, 0.717) is 12.2 Å². The number of amides is 1. The standard InChI is InChI=1S/C20H25N3O3S/c1-27(25,26)23-17-10-8-16(9-11-17)20(12-4-2-5-13-20)19(24)22-15-18-7-3-6-14-21-18/h3,6-11,14,23H,2,4-5,12-13,15H2,1H3,(H,22,24). The Bertz CT molecular complexity index is 874. The van der Waals surface area contributed by atoms with Crippen molar-refractivity contribution in [2.24, 2.45) is 0 Å². The van der Waals surface area contributed by atoms with Gasteiger partial charge >= 0.3 is 0 Å². The number of sulfonamides is 1. The summed E-state index contributed by atoms with van der Waals surface area (Å²) in [6.07, 6.45) is 7.55. The van der Waals surface area contributed by atoms with Crippen molar-refractivity contribution in [3.63, 3.8) is 0 Å². The summed E-state index contributed by atoms with van der Waals surface area (Å²) in [6, 6.07) is 12.8. The van der Waals surface area contributed by atoms with Crippen molar-refractivity contribution in [1.29, 1.82) is 0 Å². The van der Waals surface area contributed by atoms with Crippen LogP contribution < -0.4 is 10.0 Å². The fraction of sp³-hybridized carbons (Fsp3) is 0.400. The van der Waals surface area contributed by atoms with Crippen LogP contribution in [-0.4, -0.2) is 25.6 Å². The maximum Gasteiger partial charge on any atom is 0.230 e. The van der Waals surface area contributed by atoms with Crippen LogP contribution in [0.5, 0.6) is 0 Å². The van der Waals surface area contributed by atoms with Gasteiger partial charge in [0, 0.05) is 11.9 Å². The lowest BCUT2D eigenvalue weighted by atomic mass is 9.68. The second-order valence-corrected chi connectivity index (χ2v) is 8.85. The van der Waals surface area contributed by atoms with E-state index >= 15 is 0 Å². The summed E-state index contributed by atoms with van der Waals surface area (Å²) in [6.45, 7) is 0.398. The fourth-order valence-electron chi connectivity index (χ4n) is 3.72. The lowest BCUT2D eigenvalue weighted by Crippen LogP contribution is -2.45. The minimum absolute atomic E-state index is 0.0108. The number of rotatable bonds is 6. The molecule has 0 aliphatic heterocycles. The maximum absolute atomic E-state index is 13.2. The van der Waals surface area contributed by atoms with E-state index in [9.17, 15) is 13.2 Å². The van der Waals surface area contributed by atoms with Crippen LogP contribution in [0.1, 0.15) is 43.4 Å². The highest BCUT2D eigenvalue weighted by atomic mass is 32.2. The van der Waals surface area contributed by atoms with E-state index in [-0.39, 0.29) is 5.91 Å². The third-order valence-corrected chi connectivity index (χ3v) is 5.65. The van der Waals surface area contributed by atoms with Crippen LogP contribution in [0.2, 0.25) is 0 Å². The molecule has 1 aromatic heterocycles. The van der Waals surface area contributed by atoms with Crippen LogP contribution in [0.4, 0.5) is 5.69 Å². The van der Waals surface area contributed by atoms with Crippen molar-refractivity contribution >= 4 is 21.6 Å². The molecular weight excluding hydrogens is 362 g/mol. The number of anilines is 1. The van der Waals surface area contributed by atoms with Crippen LogP contribution in [-0.2, 0) is 26.8 Å². The van der Waals surface area contributed by atoms with Gasteiger partial charge in [-0.2, -0.15) is 0 Å². The number of hydrogen-bond donors (Lipinski definition) is 2. The Kier molecular flexibility index (Phi) is 5.79. The molecule has 1 aliphatic rings. The molecule has 2 aromatic rings. The van der Waals surface area contributed by atoms with Gasteiger partial charge in [-0.3, -0.25) is 14.5 Å². The minimum Gasteiger partial charge on any atom is -0.350 e. The molecule has 1 fully saturated rings. The normalized spacial score (nSPS) is 16.5. The molecule has 1 aromatic carbocycles. The molecule has 1 saturated carbocycles. The van der Waals surface area contributed by atoms with Crippen molar-refractivity contribution in [2.75, 3.05) is 11.0 Å². The van der Waals surface area contributed by atoms with Crippen LogP contribution in [0.15, 0.2) is 48.7 Å². The molecule has 0 atom stereocenters. The Balaban J connectivity index is 1.80. The van der Waals surface area contributed by atoms with E-state index in [1.54, 1.807) is 18.3 Å². The van der Waals surface area contributed by atoms with Crippen molar-refractivity contribution in [1.82, 2.24) is 10.3 Å². The molecule has 0 bridgehead atoms. The Hall–Kier alpha value is -2.41. The van der Waals surface area contributed by atoms with Gasteiger partial charge in [0.05, 0.1) is 23.9 Å². The van der Waals surface area contributed by atoms with E-state index in [1.807, 2.05) is 30.3 Å². The molecule has 0 saturated heterocycles. The molecule has 0 radical (unpaired) electrons. The molecule has 2 N–H and O–H groups in total. The van der Waals surface area contributed by atoms with Gasteiger partial charge in [0.15, 0.2) is 0 Å². The highest BCUT2D eigenvalue weighted by Crippen LogP contribution is 2.40. The summed E-state index contributed by atoms with van der Waals surface area (Å²) in [4.78, 5) is 17.4. The molecule has 1 aliphatic carbocycles. The Morgan fingerprint density at radius 3 is 2.37 bits per heavy atom.